The summed E-state index contributed by atoms with van der Waals surface area (Å²) in [6.45, 7) is 2.46. The van der Waals surface area contributed by atoms with E-state index < -0.39 is 0 Å². The maximum atomic E-state index is 13.2. The highest BCUT2D eigenvalue weighted by Crippen LogP contribution is 2.61. The first-order chi connectivity index (χ1) is 15.5. The SMILES string of the molecule is C[C@H](NC(=O)Cn1nc(-c2ccccc2)c2cc(Cl)ccc21)C12CC3CC(CC(C3)C1)C2. The molecule has 4 nitrogen and oxygen atoms in total. The van der Waals surface area contributed by atoms with Gasteiger partial charge in [0.2, 0.25) is 5.91 Å². The number of aromatic nitrogens is 2. The van der Waals surface area contributed by atoms with Crippen LogP contribution in [0.3, 0.4) is 0 Å². The van der Waals surface area contributed by atoms with Crippen molar-refractivity contribution in [3.8, 4) is 11.3 Å². The van der Waals surface area contributed by atoms with Gasteiger partial charge in [-0.25, -0.2) is 0 Å². The largest absolute Gasteiger partial charge is 0.351 e. The molecule has 2 aromatic carbocycles. The summed E-state index contributed by atoms with van der Waals surface area (Å²) in [6, 6.07) is 16.1. The predicted octanol–water partition coefficient (Wildman–Crippen LogP) is 6.08. The molecule has 4 fully saturated rings. The second-order valence-corrected chi connectivity index (χ2v) is 11.0. The summed E-state index contributed by atoms with van der Waals surface area (Å²) >= 11 is 6.30. The topological polar surface area (TPSA) is 46.9 Å². The summed E-state index contributed by atoms with van der Waals surface area (Å²) in [4.78, 5) is 13.2. The molecule has 4 aliphatic carbocycles. The van der Waals surface area contributed by atoms with E-state index in [9.17, 15) is 4.79 Å². The molecule has 7 rings (SSSR count). The Kier molecular flexibility index (Phi) is 4.83. The van der Waals surface area contributed by atoms with Crippen LogP contribution in [0.1, 0.15) is 45.4 Å². The van der Waals surface area contributed by atoms with Gasteiger partial charge in [0.25, 0.3) is 0 Å². The van der Waals surface area contributed by atoms with E-state index in [2.05, 4.69) is 12.2 Å². The molecule has 4 saturated carbocycles. The zero-order chi connectivity index (χ0) is 21.9. The van der Waals surface area contributed by atoms with Gasteiger partial charge in [-0.3, -0.25) is 9.48 Å². The molecule has 1 amide bonds. The van der Waals surface area contributed by atoms with Crippen molar-refractivity contribution in [3.05, 3.63) is 53.6 Å². The highest BCUT2D eigenvalue weighted by atomic mass is 35.5. The van der Waals surface area contributed by atoms with Gasteiger partial charge in [0.1, 0.15) is 12.2 Å². The number of fused-ring (bicyclic) bond motifs is 1. The van der Waals surface area contributed by atoms with Gasteiger partial charge in [0.05, 0.1) is 5.52 Å². The molecular formula is C27H30ClN3O. The minimum Gasteiger partial charge on any atom is -0.351 e. The third-order valence-electron chi connectivity index (χ3n) is 8.43. The van der Waals surface area contributed by atoms with Crippen LogP contribution < -0.4 is 5.32 Å². The maximum absolute atomic E-state index is 13.2. The minimum atomic E-state index is 0.0483. The number of benzene rings is 2. The van der Waals surface area contributed by atoms with Crippen molar-refractivity contribution in [2.24, 2.45) is 23.2 Å². The Labute approximate surface area is 194 Å². The van der Waals surface area contributed by atoms with Gasteiger partial charge < -0.3 is 5.32 Å². The lowest BCUT2D eigenvalue weighted by molar-refractivity contribution is -0.126. The van der Waals surface area contributed by atoms with Gasteiger partial charge >= 0.3 is 0 Å². The second kappa shape index (κ2) is 7.62. The summed E-state index contributed by atoms with van der Waals surface area (Å²) < 4.78 is 1.83. The molecule has 4 bridgehead atoms. The molecule has 0 aliphatic heterocycles. The Morgan fingerprint density at radius 1 is 1.09 bits per heavy atom. The monoisotopic (exact) mass is 447 g/mol. The van der Waals surface area contributed by atoms with Crippen LogP contribution >= 0.6 is 11.6 Å². The van der Waals surface area contributed by atoms with Crippen LogP contribution in [0.4, 0.5) is 0 Å². The van der Waals surface area contributed by atoms with E-state index in [-0.39, 0.29) is 18.5 Å². The molecule has 4 aliphatic rings. The average molecular weight is 448 g/mol. The molecule has 166 valence electrons. The summed E-state index contributed by atoms with van der Waals surface area (Å²) in [6.07, 6.45) is 8.14. The van der Waals surface area contributed by atoms with E-state index in [1.54, 1.807) is 0 Å². The Hall–Kier alpha value is -2.33. The van der Waals surface area contributed by atoms with Crippen molar-refractivity contribution in [1.82, 2.24) is 15.1 Å². The molecule has 0 unspecified atom stereocenters. The first-order valence-electron chi connectivity index (χ1n) is 12.0. The smallest absolute Gasteiger partial charge is 0.241 e. The van der Waals surface area contributed by atoms with Crippen LogP contribution in [0.5, 0.6) is 0 Å². The predicted molar refractivity (Wildman–Crippen MR) is 128 cm³/mol. The van der Waals surface area contributed by atoms with E-state index in [4.69, 9.17) is 16.7 Å². The number of hydrogen-bond acceptors (Lipinski definition) is 2. The van der Waals surface area contributed by atoms with Crippen molar-refractivity contribution in [1.29, 1.82) is 0 Å². The molecule has 5 heteroatoms. The highest BCUT2D eigenvalue weighted by molar-refractivity contribution is 6.31. The Balaban J connectivity index is 1.25. The number of hydrogen-bond donors (Lipinski definition) is 1. The van der Waals surface area contributed by atoms with Gasteiger partial charge in [-0.05, 0) is 86.8 Å². The fourth-order valence-electron chi connectivity index (χ4n) is 7.37. The van der Waals surface area contributed by atoms with E-state index >= 15 is 0 Å². The number of nitrogens with one attached hydrogen (secondary N) is 1. The number of rotatable bonds is 5. The van der Waals surface area contributed by atoms with Crippen molar-refractivity contribution in [2.45, 2.75) is 58.0 Å². The molecule has 1 N–H and O–H groups in total. The molecule has 0 radical (unpaired) electrons. The first kappa shape index (κ1) is 20.3. The summed E-state index contributed by atoms with van der Waals surface area (Å²) in [7, 11) is 0. The molecule has 3 aromatic rings. The van der Waals surface area contributed by atoms with Crippen molar-refractivity contribution in [3.63, 3.8) is 0 Å². The van der Waals surface area contributed by atoms with E-state index in [0.717, 1.165) is 39.9 Å². The minimum absolute atomic E-state index is 0.0483. The normalized spacial score (nSPS) is 29.4. The summed E-state index contributed by atoms with van der Waals surface area (Å²) in [5.74, 6) is 2.70. The third kappa shape index (κ3) is 3.44. The zero-order valence-corrected chi connectivity index (χ0v) is 19.3. The quantitative estimate of drug-likeness (QED) is 0.515. The van der Waals surface area contributed by atoms with E-state index in [0.29, 0.717) is 10.4 Å². The second-order valence-electron chi connectivity index (χ2n) is 10.6. The highest BCUT2D eigenvalue weighted by Gasteiger charge is 2.53. The molecule has 0 saturated heterocycles. The Bertz CT molecular complexity index is 1130. The number of carbonyl (C=O) groups is 1. The van der Waals surface area contributed by atoms with Crippen molar-refractivity contribution < 1.29 is 4.79 Å². The van der Waals surface area contributed by atoms with Gasteiger partial charge in [-0.15, -0.1) is 0 Å². The Morgan fingerprint density at radius 2 is 1.75 bits per heavy atom. The number of amides is 1. The lowest BCUT2D eigenvalue weighted by Gasteiger charge is -2.59. The lowest BCUT2D eigenvalue weighted by Crippen LogP contribution is -2.56. The van der Waals surface area contributed by atoms with Gasteiger partial charge in [0.15, 0.2) is 0 Å². The maximum Gasteiger partial charge on any atom is 0.241 e. The number of carbonyl (C=O) groups excluding carboxylic acids is 1. The fraction of sp³-hybridized carbons (Fsp3) is 0.481. The molecule has 1 heterocycles. The Morgan fingerprint density at radius 3 is 2.41 bits per heavy atom. The summed E-state index contributed by atoms with van der Waals surface area (Å²) in [5.41, 5.74) is 3.14. The van der Waals surface area contributed by atoms with Gasteiger partial charge in [0, 0.05) is 22.0 Å². The van der Waals surface area contributed by atoms with Crippen LogP contribution in [0.15, 0.2) is 48.5 Å². The van der Waals surface area contributed by atoms with Gasteiger partial charge in [-0.1, -0.05) is 41.9 Å². The van der Waals surface area contributed by atoms with Crippen molar-refractivity contribution in [2.75, 3.05) is 0 Å². The molecule has 1 atom stereocenters. The summed E-state index contributed by atoms with van der Waals surface area (Å²) in [5, 5.41) is 9.87. The van der Waals surface area contributed by atoms with E-state index in [1.165, 1.54) is 38.5 Å². The molecule has 0 spiro atoms. The standard InChI is InChI=1S/C27H30ClN3O/c1-17(27-13-18-9-19(14-27)11-20(10-18)15-27)29-25(32)16-31-24-8-7-22(28)12-23(24)26(30-31)21-5-3-2-4-6-21/h2-8,12,17-20H,9-11,13-16H2,1H3,(H,29,32)/t17-,18?,19?,20?,27?/m0/s1. The average Bonchev–Trinajstić information content (AvgIpc) is 3.10. The third-order valence-corrected chi connectivity index (χ3v) is 8.67. The molecule has 32 heavy (non-hydrogen) atoms. The van der Waals surface area contributed by atoms with Crippen LogP contribution in [0.25, 0.3) is 22.2 Å². The lowest BCUT2D eigenvalue weighted by atomic mass is 9.48. The first-order valence-corrected chi connectivity index (χ1v) is 12.4. The van der Waals surface area contributed by atoms with E-state index in [1.807, 2.05) is 53.2 Å². The molecule has 1 aromatic heterocycles. The fourth-order valence-corrected chi connectivity index (χ4v) is 7.54. The van der Waals surface area contributed by atoms with Crippen LogP contribution in [0.2, 0.25) is 5.02 Å². The van der Waals surface area contributed by atoms with Crippen LogP contribution in [0, 0.1) is 23.2 Å². The molecular weight excluding hydrogens is 418 g/mol. The van der Waals surface area contributed by atoms with Gasteiger partial charge in [-0.2, -0.15) is 5.10 Å². The van der Waals surface area contributed by atoms with Crippen LogP contribution in [-0.4, -0.2) is 21.7 Å². The van der Waals surface area contributed by atoms with Crippen molar-refractivity contribution >= 4 is 28.4 Å². The number of nitrogens with zero attached hydrogens (tertiary/aromatic N) is 2. The zero-order valence-electron chi connectivity index (χ0n) is 18.6. The van der Waals surface area contributed by atoms with Crippen LogP contribution in [-0.2, 0) is 11.3 Å². The number of halogens is 1.